The van der Waals surface area contributed by atoms with E-state index in [4.69, 9.17) is 5.11 Å². The summed E-state index contributed by atoms with van der Waals surface area (Å²) in [6, 6.07) is 3.87. The minimum Gasteiger partial charge on any atom is -0.481 e. The smallest absolute Gasteiger partial charge is 0.311 e. The molecular formula is C13H17NO3S. The van der Waals surface area contributed by atoms with Gasteiger partial charge in [-0.3, -0.25) is 9.59 Å². The van der Waals surface area contributed by atoms with E-state index in [-0.39, 0.29) is 11.8 Å². The molecule has 1 aromatic rings. The van der Waals surface area contributed by atoms with Crippen LogP contribution in [0.3, 0.4) is 0 Å². The van der Waals surface area contributed by atoms with Gasteiger partial charge in [-0.2, -0.15) is 0 Å². The molecule has 1 fully saturated rings. The van der Waals surface area contributed by atoms with Crippen LogP contribution in [0.15, 0.2) is 17.5 Å². The monoisotopic (exact) mass is 267 g/mol. The van der Waals surface area contributed by atoms with E-state index in [0.717, 1.165) is 4.88 Å². The summed E-state index contributed by atoms with van der Waals surface area (Å²) in [4.78, 5) is 26.2. The minimum absolute atomic E-state index is 0.0300. The van der Waals surface area contributed by atoms with E-state index in [1.807, 2.05) is 24.4 Å². The molecule has 0 radical (unpaired) electrons. The molecule has 0 spiro atoms. The van der Waals surface area contributed by atoms with Crippen molar-refractivity contribution in [1.29, 1.82) is 0 Å². The largest absolute Gasteiger partial charge is 0.481 e. The Hall–Kier alpha value is -1.36. The fourth-order valence-electron chi connectivity index (χ4n) is 2.26. The molecule has 0 saturated carbocycles. The van der Waals surface area contributed by atoms with Gasteiger partial charge in [-0.25, -0.2) is 0 Å². The zero-order chi connectivity index (χ0) is 13.3. The zero-order valence-electron chi connectivity index (χ0n) is 10.5. The van der Waals surface area contributed by atoms with E-state index in [1.54, 1.807) is 23.2 Å². The summed E-state index contributed by atoms with van der Waals surface area (Å²) in [5.74, 6) is -0.967. The molecule has 2 atom stereocenters. The minimum atomic E-state index is -0.818. The molecule has 0 bridgehead atoms. The number of rotatable bonds is 3. The van der Waals surface area contributed by atoms with Gasteiger partial charge in [0.1, 0.15) is 0 Å². The SMILES string of the molecule is C[C@@H](C(=O)N1CC[C@@](C)(C(=O)O)C1)c1cccs1. The second-order valence-corrected chi connectivity index (χ2v) is 6.09. The van der Waals surface area contributed by atoms with Crippen LogP contribution in [0.1, 0.15) is 31.1 Å². The third-order valence-corrected chi connectivity index (χ3v) is 4.70. The van der Waals surface area contributed by atoms with Crippen LogP contribution in [-0.2, 0) is 9.59 Å². The Labute approximate surface area is 110 Å². The Morgan fingerprint density at radius 1 is 1.56 bits per heavy atom. The number of hydrogen-bond donors (Lipinski definition) is 1. The van der Waals surface area contributed by atoms with Gasteiger partial charge in [0.2, 0.25) is 5.91 Å². The lowest BCUT2D eigenvalue weighted by atomic mass is 9.90. The normalized spacial score (nSPS) is 25.1. The van der Waals surface area contributed by atoms with Crippen LogP contribution >= 0.6 is 11.3 Å². The quantitative estimate of drug-likeness (QED) is 0.913. The Kier molecular flexibility index (Phi) is 3.43. The fourth-order valence-corrected chi connectivity index (χ4v) is 3.03. The predicted octanol–water partition coefficient (Wildman–Crippen LogP) is 2.17. The fraction of sp³-hybridized carbons (Fsp3) is 0.538. The van der Waals surface area contributed by atoms with Crippen LogP contribution in [-0.4, -0.2) is 35.0 Å². The lowest BCUT2D eigenvalue weighted by Gasteiger charge is -2.22. The van der Waals surface area contributed by atoms with Crippen LogP contribution in [0.4, 0.5) is 0 Å². The maximum Gasteiger partial charge on any atom is 0.311 e. The van der Waals surface area contributed by atoms with E-state index >= 15 is 0 Å². The number of nitrogens with zero attached hydrogens (tertiary/aromatic N) is 1. The van der Waals surface area contributed by atoms with Gasteiger partial charge in [-0.05, 0) is 31.7 Å². The van der Waals surface area contributed by atoms with E-state index in [9.17, 15) is 9.59 Å². The number of hydrogen-bond acceptors (Lipinski definition) is 3. The highest BCUT2D eigenvalue weighted by molar-refractivity contribution is 7.10. The van der Waals surface area contributed by atoms with E-state index in [1.165, 1.54) is 0 Å². The van der Waals surface area contributed by atoms with Crippen molar-refractivity contribution >= 4 is 23.2 Å². The summed E-state index contributed by atoms with van der Waals surface area (Å²) < 4.78 is 0. The van der Waals surface area contributed by atoms with E-state index in [2.05, 4.69) is 0 Å². The van der Waals surface area contributed by atoms with Gasteiger partial charge in [0.25, 0.3) is 0 Å². The predicted molar refractivity (Wildman–Crippen MR) is 69.7 cm³/mol. The van der Waals surface area contributed by atoms with Crippen LogP contribution in [0.2, 0.25) is 0 Å². The summed E-state index contributed by atoms with van der Waals surface area (Å²) in [6.45, 7) is 4.44. The standard InChI is InChI=1S/C13H17NO3S/c1-9(10-4-3-7-18-10)11(15)14-6-5-13(2,8-14)12(16)17/h3-4,7,9H,5-6,8H2,1-2H3,(H,16,17)/t9-,13-/m1/s1. The molecule has 0 aromatic carbocycles. The highest BCUT2D eigenvalue weighted by atomic mass is 32.1. The Morgan fingerprint density at radius 2 is 2.28 bits per heavy atom. The summed E-state index contributed by atoms with van der Waals surface area (Å²) in [7, 11) is 0. The summed E-state index contributed by atoms with van der Waals surface area (Å²) in [5.41, 5.74) is -0.787. The number of thiophene rings is 1. The van der Waals surface area contributed by atoms with Crippen LogP contribution in [0.5, 0.6) is 0 Å². The van der Waals surface area contributed by atoms with Crippen molar-refractivity contribution in [2.24, 2.45) is 5.41 Å². The van der Waals surface area contributed by atoms with Crippen molar-refractivity contribution in [2.75, 3.05) is 13.1 Å². The number of carboxylic acid groups (broad SMARTS) is 1. The van der Waals surface area contributed by atoms with Gasteiger partial charge >= 0.3 is 5.97 Å². The number of aliphatic carboxylic acids is 1. The molecule has 1 aliphatic rings. The molecule has 5 heteroatoms. The number of carbonyl (C=O) groups is 2. The first-order valence-corrected chi connectivity index (χ1v) is 6.87. The lowest BCUT2D eigenvalue weighted by molar-refractivity contribution is -0.147. The second-order valence-electron chi connectivity index (χ2n) is 5.11. The molecule has 0 unspecified atom stereocenters. The average molecular weight is 267 g/mol. The van der Waals surface area contributed by atoms with Crippen LogP contribution in [0.25, 0.3) is 0 Å². The highest BCUT2D eigenvalue weighted by Crippen LogP contribution is 2.32. The lowest BCUT2D eigenvalue weighted by Crippen LogP contribution is -2.36. The first-order chi connectivity index (χ1) is 8.44. The Bertz CT molecular complexity index is 457. The van der Waals surface area contributed by atoms with Gasteiger partial charge in [-0.1, -0.05) is 6.07 Å². The summed E-state index contributed by atoms with van der Waals surface area (Å²) in [6.07, 6.45) is 0.533. The summed E-state index contributed by atoms with van der Waals surface area (Å²) >= 11 is 1.56. The van der Waals surface area contributed by atoms with Crippen molar-refractivity contribution in [2.45, 2.75) is 26.2 Å². The first-order valence-electron chi connectivity index (χ1n) is 5.99. The van der Waals surface area contributed by atoms with Crippen molar-refractivity contribution in [3.63, 3.8) is 0 Å². The summed E-state index contributed by atoms with van der Waals surface area (Å²) in [5, 5.41) is 11.1. The second kappa shape index (κ2) is 4.72. The molecule has 1 amide bonds. The van der Waals surface area contributed by atoms with Crippen molar-refractivity contribution < 1.29 is 14.7 Å². The van der Waals surface area contributed by atoms with Gasteiger partial charge in [0.15, 0.2) is 0 Å². The molecule has 2 heterocycles. The number of carbonyl (C=O) groups excluding carboxylic acids is 1. The molecule has 1 aliphatic heterocycles. The number of likely N-dealkylation sites (tertiary alicyclic amines) is 1. The molecule has 4 nitrogen and oxygen atoms in total. The molecule has 2 rings (SSSR count). The maximum atomic E-state index is 12.3. The van der Waals surface area contributed by atoms with Gasteiger partial charge in [0.05, 0.1) is 11.3 Å². The first kappa shape index (κ1) is 13.1. The van der Waals surface area contributed by atoms with Crippen LogP contribution < -0.4 is 0 Å². The van der Waals surface area contributed by atoms with E-state index < -0.39 is 11.4 Å². The molecule has 1 saturated heterocycles. The Balaban J connectivity index is 2.06. The third-order valence-electron chi connectivity index (χ3n) is 3.64. The molecule has 98 valence electrons. The topological polar surface area (TPSA) is 57.6 Å². The number of carboxylic acids is 1. The number of amides is 1. The van der Waals surface area contributed by atoms with Crippen molar-refractivity contribution in [3.05, 3.63) is 22.4 Å². The molecule has 0 aliphatic carbocycles. The molecule has 1 aromatic heterocycles. The van der Waals surface area contributed by atoms with Crippen molar-refractivity contribution in [3.8, 4) is 0 Å². The highest BCUT2D eigenvalue weighted by Gasteiger charge is 2.42. The maximum absolute atomic E-state index is 12.3. The van der Waals surface area contributed by atoms with Crippen LogP contribution in [0, 0.1) is 5.41 Å². The Morgan fingerprint density at radius 3 is 2.78 bits per heavy atom. The van der Waals surface area contributed by atoms with Gasteiger partial charge in [-0.15, -0.1) is 11.3 Å². The molecule has 18 heavy (non-hydrogen) atoms. The van der Waals surface area contributed by atoms with Gasteiger partial charge < -0.3 is 10.0 Å². The van der Waals surface area contributed by atoms with Gasteiger partial charge in [0, 0.05) is 18.0 Å². The van der Waals surface area contributed by atoms with Crippen molar-refractivity contribution in [1.82, 2.24) is 4.90 Å². The third kappa shape index (κ3) is 2.27. The molecular weight excluding hydrogens is 250 g/mol. The molecule has 1 N–H and O–H groups in total. The average Bonchev–Trinajstić information content (AvgIpc) is 2.96. The van der Waals surface area contributed by atoms with E-state index in [0.29, 0.717) is 19.5 Å². The zero-order valence-corrected chi connectivity index (χ0v) is 11.4.